The van der Waals surface area contributed by atoms with E-state index in [0.29, 0.717) is 21.7 Å². The normalized spacial score (nSPS) is 16.6. The molecule has 0 aliphatic carbocycles. The first-order valence-corrected chi connectivity index (χ1v) is 13.4. The molecule has 37 heavy (non-hydrogen) atoms. The van der Waals surface area contributed by atoms with Crippen molar-refractivity contribution in [3.05, 3.63) is 77.2 Å². The third-order valence-electron chi connectivity index (χ3n) is 6.27. The first-order chi connectivity index (χ1) is 17.7. The smallest absolute Gasteiger partial charge is 0.266 e. The number of aromatic nitrogens is 2. The Bertz CT molecular complexity index is 1570. The number of amides is 1. The summed E-state index contributed by atoms with van der Waals surface area (Å²) in [7, 11) is -4.09. The molecule has 1 saturated heterocycles. The fraction of sp³-hybridized carbons (Fsp3) is 0.231. The predicted octanol–water partition coefficient (Wildman–Crippen LogP) is 3.76. The van der Waals surface area contributed by atoms with Gasteiger partial charge in [-0.25, -0.2) is 8.42 Å². The molecular formula is C26H25ClN4O5S. The molecule has 5 rings (SSSR count). The lowest BCUT2D eigenvalue weighted by atomic mass is 10.0. The number of benzene rings is 2. The number of aryl methyl sites for hydroxylation is 1. The topological polar surface area (TPSA) is 128 Å². The Balaban J connectivity index is 1.32. The number of morpholine rings is 1. The third kappa shape index (κ3) is 5.05. The van der Waals surface area contributed by atoms with E-state index >= 15 is 0 Å². The average molecular weight is 541 g/mol. The third-order valence-corrected chi connectivity index (χ3v) is 8.45. The Morgan fingerprint density at radius 2 is 2.03 bits per heavy atom. The summed E-state index contributed by atoms with van der Waals surface area (Å²) in [5, 5.41) is 0.654. The summed E-state index contributed by atoms with van der Waals surface area (Å²) in [6.45, 7) is 2.47. The summed E-state index contributed by atoms with van der Waals surface area (Å²) in [5.74, 6) is -0.236. The molecule has 4 aromatic rings. The molecule has 0 radical (unpaired) electrons. The molecule has 3 heterocycles. The van der Waals surface area contributed by atoms with Crippen LogP contribution in [0.5, 0.6) is 5.75 Å². The molecular weight excluding hydrogens is 516 g/mol. The van der Waals surface area contributed by atoms with Crippen LogP contribution in [0, 0.1) is 6.92 Å². The van der Waals surface area contributed by atoms with Crippen molar-refractivity contribution in [3.8, 4) is 16.9 Å². The maximum Gasteiger partial charge on any atom is 0.266 e. The van der Waals surface area contributed by atoms with Crippen molar-refractivity contribution in [1.82, 2.24) is 14.3 Å². The summed E-state index contributed by atoms with van der Waals surface area (Å²) in [6, 6.07) is 16.2. The van der Waals surface area contributed by atoms with Crippen molar-refractivity contribution in [2.75, 3.05) is 26.3 Å². The summed E-state index contributed by atoms with van der Waals surface area (Å²) in [5.41, 5.74) is 8.78. The molecule has 0 unspecified atom stereocenters. The Morgan fingerprint density at radius 3 is 2.76 bits per heavy atom. The van der Waals surface area contributed by atoms with E-state index in [0.717, 1.165) is 16.8 Å². The zero-order chi connectivity index (χ0) is 26.2. The standard InChI is InChI=1S/C26H25ClN4O5S/c1-16-21(3-2-10-29-16)17-4-7-19(8-5-17)36-15-20-14-31(11-12-35-20)37(33,34)25-22-13-18(27)6-9-23(22)30-24(25)26(28)32/h2-10,13,20,30H,11-12,14-15H2,1H3,(H2,28,32)/t20-/m0/s1. The highest BCUT2D eigenvalue weighted by Crippen LogP contribution is 2.32. The van der Waals surface area contributed by atoms with Crippen molar-refractivity contribution in [2.24, 2.45) is 5.73 Å². The van der Waals surface area contributed by atoms with Crippen molar-refractivity contribution < 1.29 is 22.7 Å². The Kier molecular flexibility index (Phi) is 6.91. The molecule has 9 nitrogen and oxygen atoms in total. The zero-order valence-corrected chi connectivity index (χ0v) is 21.6. The molecule has 1 aliphatic heterocycles. The number of nitrogens with zero attached hydrogens (tertiary/aromatic N) is 2. The van der Waals surface area contributed by atoms with Crippen LogP contribution in [0.4, 0.5) is 0 Å². The van der Waals surface area contributed by atoms with E-state index in [4.69, 9.17) is 26.8 Å². The van der Waals surface area contributed by atoms with E-state index < -0.39 is 22.0 Å². The number of carbonyl (C=O) groups excluding carboxylic acids is 1. The molecule has 0 bridgehead atoms. The minimum absolute atomic E-state index is 0.0563. The van der Waals surface area contributed by atoms with Crippen LogP contribution in [0.25, 0.3) is 22.0 Å². The number of sulfonamides is 1. The van der Waals surface area contributed by atoms with Crippen LogP contribution in [0.2, 0.25) is 5.02 Å². The largest absolute Gasteiger partial charge is 0.491 e. The molecule has 3 N–H and O–H groups in total. The lowest BCUT2D eigenvalue weighted by molar-refractivity contribution is -0.0249. The quantitative estimate of drug-likeness (QED) is 0.367. The number of H-pyrrole nitrogens is 1. The number of primary amides is 1. The van der Waals surface area contributed by atoms with Gasteiger partial charge >= 0.3 is 0 Å². The maximum atomic E-state index is 13.7. The number of pyridine rings is 1. The van der Waals surface area contributed by atoms with E-state index in [2.05, 4.69) is 9.97 Å². The molecule has 11 heteroatoms. The van der Waals surface area contributed by atoms with Gasteiger partial charge in [0, 0.05) is 46.5 Å². The highest BCUT2D eigenvalue weighted by atomic mass is 35.5. The number of fused-ring (bicyclic) bond motifs is 1. The molecule has 1 amide bonds. The summed E-state index contributed by atoms with van der Waals surface area (Å²) in [6.07, 6.45) is 1.25. The fourth-order valence-electron chi connectivity index (χ4n) is 4.43. The highest BCUT2D eigenvalue weighted by Gasteiger charge is 2.36. The minimum atomic E-state index is -4.09. The lowest BCUT2D eigenvalue weighted by Crippen LogP contribution is -2.47. The molecule has 1 fully saturated rings. The Morgan fingerprint density at radius 1 is 1.24 bits per heavy atom. The van der Waals surface area contributed by atoms with Crippen molar-refractivity contribution in [1.29, 1.82) is 0 Å². The number of nitrogens with one attached hydrogen (secondary N) is 1. The predicted molar refractivity (Wildman–Crippen MR) is 140 cm³/mol. The van der Waals surface area contributed by atoms with E-state index in [9.17, 15) is 13.2 Å². The summed E-state index contributed by atoms with van der Waals surface area (Å²) >= 11 is 6.11. The van der Waals surface area contributed by atoms with Crippen molar-refractivity contribution >= 4 is 38.4 Å². The molecule has 1 aliphatic rings. The maximum absolute atomic E-state index is 13.7. The van der Waals surface area contributed by atoms with Gasteiger partial charge in [0.05, 0.1) is 6.61 Å². The van der Waals surface area contributed by atoms with Gasteiger partial charge in [0.25, 0.3) is 5.91 Å². The van der Waals surface area contributed by atoms with E-state index in [1.807, 2.05) is 43.3 Å². The van der Waals surface area contributed by atoms with Gasteiger partial charge in [-0.05, 0) is 48.9 Å². The number of halogens is 1. The van der Waals surface area contributed by atoms with Gasteiger partial charge in [0.2, 0.25) is 10.0 Å². The minimum Gasteiger partial charge on any atom is -0.491 e. The van der Waals surface area contributed by atoms with E-state index in [1.165, 1.54) is 10.4 Å². The number of hydrogen-bond acceptors (Lipinski definition) is 6. The van der Waals surface area contributed by atoms with Gasteiger partial charge < -0.3 is 20.2 Å². The molecule has 1 atom stereocenters. The van der Waals surface area contributed by atoms with Crippen LogP contribution in [0.1, 0.15) is 16.2 Å². The first-order valence-electron chi connectivity index (χ1n) is 11.6. The number of rotatable bonds is 7. The second kappa shape index (κ2) is 10.1. The number of hydrogen-bond donors (Lipinski definition) is 2. The second-order valence-corrected chi connectivity index (χ2v) is 11.0. The summed E-state index contributed by atoms with van der Waals surface area (Å²) in [4.78, 5) is 19.0. The molecule has 0 spiro atoms. The van der Waals surface area contributed by atoms with Crippen molar-refractivity contribution in [2.45, 2.75) is 17.9 Å². The zero-order valence-electron chi connectivity index (χ0n) is 20.0. The average Bonchev–Trinajstić information content (AvgIpc) is 3.28. The van der Waals surface area contributed by atoms with Crippen LogP contribution in [-0.4, -0.2) is 61.0 Å². The van der Waals surface area contributed by atoms with Crippen LogP contribution >= 0.6 is 11.6 Å². The Labute approximate surface area is 219 Å². The number of carbonyl (C=O) groups is 1. The molecule has 2 aromatic carbocycles. The molecule has 192 valence electrons. The van der Waals surface area contributed by atoms with Crippen molar-refractivity contribution in [3.63, 3.8) is 0 Å². The highest BCUT2D eigenvalue weighted by molar-refractivity contribution is 7.89. The van der Waals surface area contributed by atoms with Gasteiger partial charge in [-0.1, -0.05) is 29.8 Å². The van der Waals surface area contributed by atoms with E-state index in [-0.39, 0.29) is 36.9 Å². The molecule has 0 saturated carbocycles. The van der Waals surface area contributed by atoms with Crippen LogP contribution in [0.15, 0.2) is 65.7 Å². The number of nitrogens with two attached hydrogens (primary N) is 1. The first kappa shape index (κ1) is 25.2. The van der Waals surface area contributed by atoms with Crippen LogP contribution in [0.3, 0.4) is 0 Å². The monoisotopic (exact) mass is 540 g/mol. The van der Waals surface area contributed by atoms with Gasteiger partial charge in [-0.15, -0.1) is 0 Å². The second-order valence-electron chi connectivity index (χ2n) is 8.71. The van der Waals surface area contributed by atoms with Gasteiger partial charge in [0.1, 0.15) is 29.0 Å². The van der Waals surface area contributed by atoms with Gasteiger partial charge in [-0.3, -0.25) is 9.78 Å². The van der Waals surface area contributed by atoms with Crippen LogP contribution in [-0.2, 0) is 14.8 Å². The van der Waals surface area contributed by atoms with Gasteiger partial charge in [0.15, 0.2) is 0 Å². The lowest BCUT2D eigenvalue weighted by Gasteiger charge is -2.32. The van der Waals surface area contributed by atoms with E-state index in [1.54, 1.807) is 18.3 Å². The SMILES string of the molecule is Cc1ncccc1-c1ccc(OC[C@@H]2CN(S(=O)(=O)c3c(C(N)=O)[nH]c4ccc(Cl)cc34)CCO2)cc1. The number of ether oxygens (including phenoxy) is 2. The summed E-state index contributed by atoms with van der Waals surface area (Å²) < 4.78 is 40.3. The fourth-order valence-corrected chi connectivity index (χ4v) is 6.39. The van der Waals surface area contributed by atoms with Gasteiger partial charge in [-0.2, -0.15) is 4.31 Å². The molecule has 2 aromatic heterocycles. The van der Waals surface area contributed by atoms with Crippen LogP contribution < -0.4 is 10.5 Å². The Hall–Kier alpha value is -3.44. The number of aromatic amines is 1.